The predicted molar refractivity (Wildman–Crippen MR) is 94.6 cm³/mol. The van der Waals surface area contributed by atoms with Crippen LogP contribution in [0.4, 0.5) is 0 Å². The summed E-state index contributed by atoms with van der Waals surface area (Å²) in [6.45, 7) is 2.77. The smallest absolute Gasteiger partial charge is 0.0682 e. The number of rotatable bonds is 4. The van der Waals surface area contributed by atoms with Crippen molar-refractivity contribution in [3.8, 4) is 11.1 Å². The van der Waals surface area contributed by atoms with E-state index in [1.807, 2.05) is 18.3 Å². The first-order valence-corrected chi connectivity index (χ1v) is 8.56. The minimum Gasteiger partial charge on any atom is -0.392 e. The molecular weight excluding hydrogens is 300 g/mol. The van der Waals surface area contributed by atoms with Gasteiger partial charge in [-0.1, -0.05) is 30.3 Å². The van der Waals surface area contributed by atoms with Gasteiger partial charge in [-0.15, -0.1) is 0 Å². The molecule has 1 aromatic heterocycles. The number of hydrogen-bond donors (Lipinski definition) is 1. The normalized spacial score (nSPS) is 15.9. The Labute approximate surface area is 141 Å². The van der Waals surface area contributed by atoms with Crippen LogP contribution in [0.15, 0.2) is 48.8 Å². The molecule has 2 aromatic carbocycles. The molecule has 2 heterocycles. The van der Waals surface area contributed by atoms with E-state index in [4.69, 9.17) is 4.74 Å². The van der Waals surface area contributed by atoms with Crippen LogP contribution in [0.5, 0.6) is 0 Å². The standard InChI is InChI=1S/C20H22N2O2/c23-14-16-4-5-20-17(10-16)2-1-3-19(20)18-11-21-22(13-18)12-15-6-8-24-9-7-15/h1-5,10-11,13,15,23H,6-9,12,14H2. The number of aliphatic hydroxyl groups excluding tert-OH is 1. The largest absolute Gasteiger partial charge is 0.392 e. The highest BCUT2D eigenvalue weighted by Gasteiger charge is 2.15. The summed E-state index contributed by atoms with van der Waals surface area (Å²) < 4.78 is 7.49. The molecule has 1 fully saturated rings. The highest BCUT2D eigenvalue weighted by molar-refractivity contribution is 5.96. The molecule has 0 unspecified atom stereocenters. The zero-order valence-electron chi connectivity index (χ0n) is 13.7. The zero-order valence-corrected chi connectivity index (χ0v) is 13.7. The van der Waals surface area contributed by atoms with Crippen molar-refractivity contribution in [3.05, 3.63) is 54.4 Å². The van der Waals surface area contributed by atoms with E-state index in [1.165, 1.54) is 10.9 Å². The van der Waals surface area contributed by atoms with Crippen molar-refractivity contribution in [1.29, 1.82) is 0 Å². The van der Waals surface area contributed by atoms with Crippen molar-refractivity contribution in [1.82, 2.24) is 9.78 Å². The van der Waals surface area contributed by atoms with Gasteiger partial charge in [0.25, 0.3) is 0 Å². The summed E-state index contributed by atoms with van der Waals surface area (Å²) in [5, 5.41) is 16.2. The van der Waals surface area contributed by atoms with Gasteiger partial charge < -0.3 is 9.84 Å². The topological polar surface area (TPSA) is 47.3 Å². The van der Waals surface area contributed by atoms with Crippen molar-refractivity contribution in [2.45, 2.75) is 26.0 Å². The van der Waals surface area contributed by atoms with Gasteiger partial charge in [-0.2, -0.15) is 5.10 Å². The fourth-order valence-electron chi connectivity index (χ4n) is 3.48. The summed E-state index contributed by atoms with van der Waals surface area (Å²) in [5.41, 5.74) is 3.27. The Balaban J connectivity index is 1.63. The number of aliphatic hydroxyl groups is 1. The third kappa shape index (κ3) is 3.07. The summed E-state index contributed by atoms with van der Waals surface area (Å²) in [6, 6.07) is 12.4. The lowest BCUT2D eigenvalue weighted by molar-refractivity contribution is 0.0601. The van der Waals surface area contributed by atoms with Gasteiger partial charge in [0.2, 0.25) is 0 Å². The average molecular weight is 322 g/mol. The van der Waals surface area contributed by atoms with Crippen LogP contribution in [-0.2, 0) is 17.9 Å². The fourth-order valence-corrected chi connectivity index (χ4v) is 3.48. The van der Waals surface area contributed by atoms with Crippen LogP contribution in [0.1, 0.15) is 18.4 Å². The molecule has 1 aliphatic rings. The molecule has 0 amide bonds. The number of aromatic nitrogens is 2. The van der Waals surface area contributed by atoms with Gasteiger partial charge in [0, 0.05) is 31.5 Å². The van der Waals surface area contributed by atoms with Crippen LogP contribution in [0, 0.1) is 5.92 Å². The Morgan fingerprint density at radius 2 is 2.04 bits per heavy atom. The lowest BCUT2D eigenvalue weighted by Crippen LogP contribution is -2.20. The number of nitrogens with zero attached hydrogens (tertiary/aromatic N) is 2. The Morgan fingerprint density at radius 1 is 1.17 bits per heavy atom. The highest BCUT2D eigenvalue weighted by atomic mass is 16.5. The van der Waals surface area contributed by atoms with E-state index in [0.29, 0.717) is 5.92 Å². The molecule has 1 N–H and O–H groups in total. The van der Waals surface area contributed by atoms with Gasteiger partial charge >= 0.3 is 0 Å². The van der Waals surface area contributed by atoms with E-state index in [9.17, 15) is 5.11 Å². The molecule has 4 rings (SSSR count). The van der Waals surface area contributed by atoms with E-state index in [-0.39, 0.29) is 6.61 Å². The molecule has 4 heteroatoms. The lowest BCUT2D eigenvalue weighted by Gasteiger charge is -2.21. The van der Waals surface area contributed by atoms with Gasteiger partial charge in [0.1, 0.15) is 0 Å². The summed E-state index contributed by atoms with van der Waals surface area (Å²) in [7, 11) is 0. The molecule has 124 valence electrons. The second kappa shape index (κ2) is 6.75. The van der Waals surface area contributed by atoms with E-state index in [0.717, 1.165) is 49.1 Å². The number of fused-ring (bicyclic) bond motifs is 1. The average Bonchev–Trinajstić information content (AvgIpc) is 3.09. The first-order chi connectivity index (χ1) is 11.8. The Bertz CT molecular complexity index is 835. The van der Waals surface area contributed by atoms with Gasteiger partial charge in [-0.25, -0.2) is 0 Å². The van der Waals surface area contributed by atoms with Crippen molar-refractivity contribution < 1.29 is 9.84 Å². The fraction of sp³-hybridized carbons (Fsp3) is 0.350. The Kier molecular flexibility index (Phi) is 4.32. The maximum Gasteiger partial charge on any atom is 0.0682 e. The van der Waals surface area contributed by atoms with E-state index >= 15 is 0 Å². The first-order valence-electron chi connectivity index (χ1n) is 8.56. The maximum atomic E-state index is 9.32. The van der Waals surface area contributed by atoms with Gasteiger partial charge in [0.05, 0.1) is 12.8 Å². The third-order valence-corrected chi connectivity index (χ3v) is 4.86. The zero-order chi connectivity index (χ0) is 16.4. The van der Waals surface area contributed by atoms with Crippen molar-refractivity contribution in [2.75, 3.05) is 13.2 Å². The molecule has 0 bridgehead atoms. The van der Waals surface area contributed by atoms with Crippen LogP contribution in [-0.4, -0.2) is 28.1 Å². The number of benzene rings is 2. The molecule has 4 nitrogen and oxygen atoms in total. The van der Waals surface area contributed by atoms with Crippen LogP contribution >= 0.6 is 0 Å². The van der Waals surface area contributed by atoms with Crippen molar-refractivity contribution in [3.63, 3.8) is 0 Å². The molecular formula is C20H22N2O2. The van der Waals surface area contributed by atoms with Crippen LogP contribution in [0.25, 0.3) is 21.9 Å². The molecule has 0 saturated carbocycles. The second-order valence-corrected chi connectivity index (χ2v) is 6.53. The number of hydrogen-bond acceptors (Lipinski definition) is 3. The molecule has 1 aliphatic heterocycles. The van der Waals surface area contributed by atoms with Gasteiger partial charge in [-0.05, 0) is 46.7 Å². The van der Waals surface area contributed by atoms with Gasteiger partial charge in [-0.3, -0.25) is 4.68 Å². The summed E-state index contributed by atoms with van der Waals surface area (Å²) >= 11 is 0. The molecule has 0 aliphatic carbocycles. The van der Waals surface area contributed by atoms with Crippen molar-refractivity contribution >= 4 is 10.8 Å². The number of ether oxygens (including phenoxy) is 1. The summed E-state index contributed by atoms with van der Waals surface area (Å²) in [6.07, 6.45) is 6.33. The quantitative estimate of drug-likeness (QED) is 0.798. The molecule has 1 saturated heterocycles. The Hall–Kier alpha value is -2.17. The SMILES string of the molecule is OCc1ccc2c(-c3cnn(CC4CCOCC4)c3)cccc2c1. The maximum absolute atomic E-state index is 9.32. The Morgan fingerprint density at radius 3 is 2.88 bits per heavy atom. The minimum absolute atomic E-state index is 0.0726. The van der Waals surface area contributed by atoms with Crippen LogP contribution in [0.3, 0.4) is 0 Å². The molecule has 24 heavy (non-hydrogen) atoms. The lowest BCUT2D eigenvalue weighted by atomic mass is 9.99. The minimum atomic E-state index is 0.0726. The molecule has 0 spiro atoms. The predicted octanol–water partition coefficient (Wildman–Crippen LogP) is 3.62. The van der Waals surface area contributed by atoms with Crippen LogP contribution in [0.2, 0.25) is 0 Å². The summed E-state index contributed by atoms with van der Waals surface area (Å²) in [4.78, 5) is 0. The van der Waals surface area contributed by atoms with E-state index in [1.54, 1.807) is 0 Å². The molecule has 3 aromatic rings. The second-order valence-electron chi connectivity index (χ2n) is 6.53. The van der Waals surface area contributed by atoms with Crippen molar-refractivity contribution in [2.24, 2.45) is 5.92 Å². The monoisotopic (exact) mass is 322 g/mol. The van der Waals surface area contributed by atoms with E-state index < -0.39 is 0 Å². The van der Waals surface area contributed by atoms with Gasteiger partial charge in [0.15, 0.2) is 0 Å². The molecule has 0 radical (unpaired) electrons. The first kappa shape index (κ1) is 15.4. The third-order valence-electron chi connectivity index (χ3n) is 4.86. The molecule has 0 atom stereocenters. The van der Waals surface area contributed by atoms with Crippen LogP contribution < -0.4 is 0 Å². The highest BCUT2D eigenvalue weighted by Crippen LogP contribution is 2.29. The summed E-state index contributed by atoms with van der Waals surface area (Å²) in [5.74, 6) is 0.658. The van der Waals surface area contributed by atoms with E-state index in [2.05, 4.69) is 40.2 Å².